The largest absolute Gasteiger partial charge is 0.369 e. The van der Waals surface area contributed by atoms with Gasteiger partial charge in [-0.25, -0.2) is 4.98 Å². The SMILES string of the molecule is NC(=O)Cc1nc2c(c(=O)[nH]1)CNCC2. The van der Waals surface area contributed by atoms with Gasteiger partial charge in [-0.2, -0.15) is 0 Å². The molecule has 0 atom stereocenters. The van der Waals surface area contributed by atoms with Gasteiger partial charge in [-0.15, -0.1) is 0 Å². The molecule has 6 heteroatoms. The number of nitrogens with one attached hydrogen (secondary N) is 2. The van der Waals surface area contributed by atoms with Crippen molar-refractivity contribution in [2.24, 2.45) is 5.73 Å². The second kappa shape index (κ2) is 3.82. The molecule has 2 heterocycles. The molecule has 0 bridgehead atoms. The van der Waals surface area contributed by atoms with Crippen LogP contribution in [0.2, 0.25) is 0 Å². The summed E-state index contributed by atoms with van der Waals surface area (Å²) in [5.74, 6) is -0.139. The molecule has 1 aliphatic rings. The number of aromatic amines is 1. The van der Waals surface area contributed by atoms with Crippen molar-refractivity contribution in [1.29, 1.82) is 0 Å². The van der Waals surface area contributed by atoms with Crippen molar-refractivity contribution in [3.8, 4) is 0 Å². The lowest BCUT2D eigenvalue weighted by Gasteiger charge is -2.15. The van der Waals surface area contributed by atoms with Gasteiger partial charge in [0.05, 0.1) is 17.7 Å². The van der Waals surface area contributed by atoms with Crippen LogP contribution >= 0.6 is 0 Å². The molecule has 0 spiro atoms. The number of nitrogens with zero attached hydrogens (tertiary/aromatic N) is 1. The Morgan fingerprint density at radius 3 is 3.07 bits per heavy atom. The van der Waals surface area contributed by atoms with E-state index in [4.69, 9.17) is 5.73 Å². The van der Waals surface area contributed by atoms with Crippen molar-refractivity contribution < 1.29 is 4.79 Å². The molecule has 1 amide bonds. The zero-order valence-corrected chi connectivity index (χ0v) is 8.17. The lowest BCUT2D eigenvalue weighted by Crippen LogP contribution is -2.33. The minimum absolute atomic E-state index is 0.0179. The molecule has 0 aliphatic carbocycles. The van der Waals surface area contributed by atoms with Crippen LogP contribution in [0.25, 0.3) is 0 Å². The third-order valence-electron chi connectivity index (χ3n) is 2.33. The minimum Gasteiger partial charge on any atom is -0.369 e. The van der Waals surface area contributed by atoms with E-state index in [1.54, 1.807) is 0 Å². The van der Waals surface area contributed by atoms with Crippen LogP contribution in [0, 0.1) is 0 Å². The molecule has 6 nitrogen and oxygen atoms in total. The number of carbonyl (C=O) groups excluding carboxylic acids is 1. The summed E-state index contributed by atoms with van der Waals surface area (Å²) in [6, 6.07) is 0. The van der Waals surface area contributed by atoms with E-state index in [9.17, 15) is 9.59 Å². The van der Waals surface area contributed by atoms with Crippen LogP contribution in [0.1, 0.15) is 17.1 Å². The first-order chi connectivity index (χ1) is 7.16. The highest BCUT2D eigenvalue weighted by Gasteiger charge is 2.15. The maximum absolute atomic E-state index is 11.6. The molecule has 80 valence electrons. The Labute approximate surface area is 85.9 Å². The topological polar surface area (TPSA) is 101 Å². The van der Waals surface area contributed by atoms with E-state index in [1.807, 2.05) is 0 Å². The minimum atomic E-state index is -0.493. The number of rotatable bonds is 2. The zero-order chi connectivity index (χ0) is 10.8. The predicted octanol–water partition coefficient (Wildman–Crippen LogP) is -1.56. The standard InChI is InChI=1S/C9H12N4O2/c10-7(14)3-8-12-6-1-2-11-4-5(6)9(15)13-8/h11H,1-4H2,(H2,10,14)(H,12,13,15). The Bertz CT molecular complexity index is 452. The predicted molar refractivity (Wildman–Crippen MR) is 53.2 cm³/mol. The smallest absolute Gasteiger partial charge is 0.255 e. The summed E-state index contributed by atoms with van der Waals surface area (Å²) in [5.41, 5.74) is 6.29. The van der Waals surface area contributed by atoms with Gasteiger partial charge in [0.15, 0.2) is 0 Å². The number of hydrogen-bond donors (Lipinski definition) is 3. The molecule has 0 aromatic carbocycles. The van der Waals surface area contributed by atoms with E-state index in [2.05, 4.69) is 15.3 Å². The Kier molecular flexibility index (Phi) is 2.51. The van der Waals surface area contributed by atoms with E-state index in [0.717, 1.165) is 12.2 Å². The number of primary amides is 1. The summed E-state index contributed by atoms with van der Waals surface area (Å²) < 4.78 is 0. The first-order valence-electron chi connectivity index (χ1n) is 4.77. The van der Waals surface area contributed by atoms with E-state index >= 15 is 0 Å². The molecule has 2 rings (SSSR count). The maximum Gasteiger partial charge on any atom is 0.255 e. The third-order valence-corrected chi connectivity index (χ3v) is 2.33. The lowest BCUT2D eigenvalue weighted by molar-refractivity contribution is -0.117. The Morgan fingerprint density at radius 1 is 1.53 bits per heavy atom. The van der Waals surface area contributed by atoms with E-state index in [-0.39, 0.29) is 12.0 Å². The number of H-pyrrole nitrogens is 1. The highest BCUT2D eigenvalue weighted by molar-refractivity contribution is 5.75. The molecular weight excluding hydrogens is 196 g/mol. The van der Waals surface area contributed by atoms with Crippen molar-refractivity contribution >= 4 is 5.91 Å². The fourth-order valence-corrected chi connectivity index (χ4v) is 1.65. The average molecular weight is 208 g/mol. The molecule has 0 unspecified atom stereocenters. The van der Waals surface area contributed by atoms with E-state index in [1.165, 1.54) is 0 Å². The van der Waals surface area contributed by atoms with Crippen LogP contribution in [0.3, 0.4) is 0 Å². The highest BCUT2D eigenvalue weighted by atomic mass is 16.1. The van der Waals surface area contributed by atoms with Crippen molar-refractivity contribution in [3.05, 3.63) is 27.4 Å². The van der Waals surface area contributed by atoms with Gasteiger partial charge in [-0.05, 0) is 0 Å². The summed E-state index contributed by atoms with van der Waals surface area (Å²) in [6.45, 7) is 1.34. The first-order valence-corrected chi connectivity index (χ1v) is 4.77. The van der Waals surface area contributed by atoms with Crippen LogP contribution < -0.4 is 16.6 Å². The van der Waals surface area contributed by atoms with Crippen LogP contribution in [-0.4, -0.2) is 22.4 Å². The van der Waals surface area contributed by atoms with E-state index < -0.39 is 5.91 Å². The second-order valence-electron chi connectivity index (χ2n) is 3.51. The monoisotopic (exact) mass is 208 g/mol. The van der Waals surface area contributed by atoms with Gasteiger partial charge in [-0.3, -0.25) is 9.59 Å². The van der Waals surface area contributed by atoms with Gasteiger partial charge >= 0.3 is 0 Å². The number of amides is 1. The van der Waals surface area contributed by atoms with Gasteiger partial charge in [-0.1, -0.05) is 0 Å². The van der Waals surface area contributed by atoms with Crippen LogP contribution in [0.5, 0.6) is 0 Å². The van der Waals surface area contributed by atoms with Crippen LogP contribution in [-0.2, 0) is 24.2 Å². The Hall–Kier alpha value is -1.69. The first kappa shape index (κ1) is 9.85. The molecule has 0 radical (unpaired) electrons. The zero-order valence-electron chi connectivity index (χ0n) is 8.17. The van der Waals surface area contributed by atoms with Crippen molar-refractivity contribution in [3.63, 3.8) is 0 Å². The summed E-state index contributed by atoms with van der Waals surface area (Å²) in [4.78, 5) is 29.1. The third kappa shape index (κ3) is 2.04. The summed E-state index contributed by atoms with van der Waals surface area (Å²) in [7, 11) is 0. The van der Waals surface area contributed by atoms with Crippen LogP contribution in [0.15, 0.2) is 4.79 Å². The molecule has 1 aliphatic heterocycles. The summed E-state index contributed by atoms with van der Waals surface area (Å²) in [6.07, 6.45) is 0.695. The van der Waals surface area contributed by atoms with Crippen LogP contribution in [0.4, 0.5) is 0 Å². The Morgan fingerprint density at radius 2 is 2.33 bits per heavy atom. The Balaban J connectivity index is 2.40. The normalized spacial score (nSPS) is 14.7. The maximum atomic E-state index is 11.6. The average Bonchev–Trinajstić information content (AvgIpc) is 2.16. The number of carbonyl (C=O) groups is 1. The van der Waals surface area contributed by atoms with Crippen molar-refractivity contribution in [2.75, 3.05) is 6.54 Å². The van der Waals surface area contributed by atoms with Crippen molar-refractivity contribution in [2.45, 2.75) is 19.4 Å². The molecule has 1 aromatic rings. The van der Waals surface area contributed by atoms with Gasteiger partial charge in [0.2, 0.25) is 5.91 Å². The van der Waals surface area contributed by atoms with Gasteiger partial charge in [0, 0.05) is 19.5 Å². The molecule has 15 heavy (non-hydrogen) atoms. The summed E-state index contributed by atoms with van der Waals surface area (Å²) in [5, 5.41) is 3.09. The molecule has 1 aromatic heterocycles. The molecule has 0 fully saturated rings. The van der Waals surface area contributed by atoms with Crippen molar-refractivity contribution in [1.82, 2.24) is 15.3 Å². The number of fused-ring (bicyclic) bond motifs is 1. The quantitative estimate of drug-likeness (QED) is 0.547. The molecule has 4 N–H and O–H groups in total. The fourth-order valence-electron chi connectivity index (χ4n) is 1.65. The number of hydrogen-bond acceptors (Lipinski definition) is 4. The van der Waals surface area contributed by atoms with Gasteiger partial charge in [0.1, 0.15) is 5.82 Å². The summed E-state index contributed by atoms with van der Waals surface area (Å²) >= 11 is 0. The van der Waals surface area contributed by atoms with Gasteiger partial charge in [0.25, 0.3) is 5.56 Å². The highest BCUT2D eigenvalue weighted by Crippen LogP contribution is 2.06. The van der Waals surface area contributed by atoms with E-state index in [0.29, 0.717) is 24.4 Å². The molecule has 0 saturated heterocycles. The van der Waals surface area contributed by atoms with Gasteiger partial charge < -0.3 is 16.0 Å². The number of aromatic nitrogens is 2. The molecular formula is C9H12N4O2. The molecule has 0 saturated carbocycles. The number of nitrogens with two attached hydrogens (primary N) is 1. The lowest BCUT2D eigenvalue weighted by atomic mass is 10.1. The second-order valence-corrected chi connectivity index (χ2v) is 3.51. The fraction of sp³-hybridized carbons (Fsp3) is 0.444.